The van der Waals surface area contributed by atoms with Crippen molar-refractivity contribution in [3.05, 3.63) is 84.7 Å². The first-order valence-corrected chi connectivity index (χ1v) is 13.4. The van der Waals surface area contributed by atoms with Gasteiger partial charge in [-0.25, -0.2) is 9.19 Å². The fraction of sp³-hybridized carbons (Fsp3) is 0.103. The van der Waals surface area contributed by atoms with Gasteiger partial charge in [-0.1, -0.05) is 18.2 Å². The van der Waals surface area contributed by atoms with E-state index in [1.807, 2.05) is 24.3 Å². The highest BCUT2D eigenvalue weighted by molar-refractivity contribution is 7.86. The number of aromatic nitrogens is 3. The average molecular weight is 571 g/mol. The van der Waals surface area contributed by atoms with Crippen LogP contribution in [0, 0.1) is 0 Å². The average Bonchev–Trinajstić information content (AvgIpc) is 3.00. The lowest BCUT2D eigenvalue weighted by molar-refractivity contribution is 0.100. The highest BCUT2D eigenvalue weighted by Gasteiger charge is 2.17. The van der Waals surface area contributed by atoms with Crippen LogP contribution in [0.25, 0.3) is 22.0 Å². The first-order chi connectivity index (χ1) is 19.9. The van der Waals surface area contributed by atoms with Crippen molar-refractivity contribution in [3.63, 3.8) is 0 Å². The van der Waals surface area contributed by atoms with Gasteiger partial charge in [0.25, 0.3) is 5.91 Å². The second-order valence-corrected chi connectivity index (χ2v) is 9.89. The summed E-state index contributed by atoms with van der Waals surface area (Å²) in [5.41, 5.74) is 9.66. The molecular formula is C29H26N6O5S. The molecule has 0 aliphatic carbocycles. The van der Waals surface area contributed by atoms with Crippen LogP contribution < -0.4 is 30.0 Å². The van der Waals surface area contributed by atoms with Crippen LogP contribution in [0.4, 0.5) is 17.1 Å². The zero-order valence-corrected chi connectivity index (χ0v) is 23.2. The Morgan fingerprint density at radius 3 is 2.37 bits per heavy atom. The first-order valence-electron chi connectivity index (χ1n) is 12.3. The van der Waals surface area contributed by atoms with Gasteiger partial charge in [-0.05, 0) is 54.1 Å². The number of benzene rings is 3. The molecule has 0 radical (unpaired) electrons. The Labute approximate surface area is 238 Å². The third-order valence-corrected chi connectivity index (χ3v) is 7.29. The largest absolute Gasteiger partial charge is 0.497 e. The number of carbonyl (C=O) groups excluding carboxylic acids is 1. The summed E-state index contributed by atoms with van der Waals surface area (Å²) in [4.78, 5) is 25.8. The third kappa shape index (κ3) is 5.87. The zero-order valence-electron chi connectivity index (χ0n) is 22.4. The van der Waals surface area contributed by atoms with Gasteiger partial charge in [0.1, 0.15) is 16.7 Å². The molecule has 0 saturated carbocycles. The number of anilines is 3. The molecule has 2 heterocycles. The Morgan fingerprint density at radius 2 is 1.66 bits per heavy atom. The van der Waals surface area contributed by atoms with Gasteiger partial charge in [-0.2, -0.15) is 4.98 Å². The standard InChI is InChI=1S/C29H26N6O5S/c1-38-20-8-10-21(11-9-20)41(37)35-19-6-4-5-18(14-19)33-26-22-12-7-17(13-25(22)31-16-24(26)27(30)36)23-15-32-29(40-3)34-28(23)39-2/h4-16,35H,1-3H3,(H2,30,36)(H,31,33). The summed E-state index contributed by atoms with van der Waals surface area (Å²) >= 11 is 0. The number of methoxy groups -OCH3 is 3. The van der Waals surface area contributed by atoms with Crippen molar-refractivity contribution in [2.45, 2.75) is 4.90 Å². The molecule has 0 spiro atoms. The molecule has 0 aliphatic rings. The number of carbonyl (C=O) groups is 1. The number of pyridine rings is 1. The van der Waals surface area contributed by atoms with E-state index >= 15 is 0 Å². The van der Waals surface area contributed by atoms with E-state index in [0.29, 0.717) is 50.1 Å². The van der Waals surface area contributed by atoms with Crippen molar-refractivity contribution in [3.8, 4) is 28.8 Å². The SMILES string of the molecule is COc1ccc(S(=O)Nc2cccc(Nc3c(C(N)=O)cnc4cc(-c5cnc(OC)nc5OC)ccc34)c2)cc1. The van der Waals surface area contributed by atoms with Gasteiger partial charge in [-0.15, -0.1) is 0 Å². The second kappa shape index (κ2) is 11.9. The van der Waals surface area contributed by atoms with Crippen molar-refractivity contribution < 1.29 is 23.2 Å². The van der Waals surface area contributed by atoms with Crippen molar-refractivity contribution in [2.24, 2.45) is 5.73 Å². The molecule has 3 aromatic carbocycles. The lowest BCUT2D eigenvalue weighted by Gasteiger charge is -2.15. The Kier molecular flexibility index (Phi) is 7.92. The Balaban J connectivity index is 1.47. The predicted octanol–water partition coefficient (Wildman–Crippen LogP) is 4.69. The number of primary amides is 1. The smallest absolute Gasteiger partial charge is 0.319 e. The van der Waals surface area contributed by atoms with Gasteiger partial charge in [0.05, 0.1) is 48.6 Å². The summed E-state index contributed by atoms with van der Waals surface area (Å²) in [6, 6.07) is 19.9. The van der Waals surface area contributed by atoms with Crippen LogP contribution in [0.3, 0.4) is 0 Å². The van der Waals surface area contributed by atoms with Crippen molar-refractivity contribution in [1.29, 1.82) is 0 Å². The highest BCUT2D eigenvalue weighted by Crippen LogP contribution is 2.35. The van der Waals surface area contributed by atoms with Gasteiger partial charge in [0, 0.05) is 29.2 Å². The van der Waals surface area contributed by atoms with E-state index in [1.54, 1.807) is 55.8 Å². The van der Waals surface area contributed by atoms with Crippen LogP contribution in [0.1, 0.15) is 10.4 Å². The molecule has 2 aromatic heterocycles. The minimum absolute atomic E-state index is 0.187. The number of nitrogens with one attached hydrogen (secondary N) is 2. The molecule has 1 amide bonds. The van der Waals surface area contributed by atoms with E-state index < -0.39 is 16.9 Å². The second-order valence-electron chi connectivity index (χ2n) is 8.67. The molecule has 1 atom stereocenters. The minimum atomic E-state index is -1.51. The monoisotopic (exact) mass is 570 g/mol. The molecule has 1 unspecified atom stereocenters. The zero-order chi connectivity index (χ0) is 28.9. The number of fused-ring (bicyclic) bond motifs is 1. The maximum Gasteiger partial charge on any atom is 0.319 e. The van der Waals surface area contributed by atoms with Crippen LogP contribution in [0.5, 0.6) is 17.6 Å². The summed E-state index contributed by atoms with van der Waals surface area (Å²) in [6.07, 6.45) is 3.04. The maximum absolute atomic E-state index is 12.9. The van der Waals surface area contributed by atoms with Crippen LogP contribution in [0.15, 0.2) is 84.0 Å². The van der Waals surface area contributed by atoms with Gasteiger partial charge >= 0.3 is 6.01 Å². The van der Waals surface area contributed by atoms with Crippen LogP contribution >= 0.6 is 0 Å². The molecule has 11 nitrogen and oxygen atoms in total. The van der Waals surface area contributed by atoms with E-state index in [-0.39, 0.29) is 11.6 Å². The number of hydrogen-bond acceptors (Lipinski definition) is 9. The van der Waals surface area contributed by atoms with Crippen molar-refractivity contribution in [2.75, 3.05) is 31.4 Å². The summed E-state index contributed by atoms with van der Waals surface area (Å²) in [6.45, 7) is 0. The van der Waals surface area contributed by atoms with E-state index in [0.717, 1.165) is 5.56 Å². The van der Waals surface area contributed by atoms with Crippen LogP contribution in [-0.4, -0.2) is 46.4 Å². The Morgan fingerprint density at radius 1 is 0.878 bits per heavy atom. The fourth-order valence-electron chi connectivity index (χ4n) is 4.16. The summed E-state index contributed by atoms with van der Waals surface area (Å²) in [5, 5.41) is 3.97. The quantitative estimate of drug-likeness (QED) is 0.217. The molecule has 5 rings (SSSR count). The van der Waals surface area contributed by atoms with Crippen molar-refractivity contribution in [1.82, 2.24) is 15.0 Å². The number of rotatable bonds is 10. The van der Waals surface area contributed by atoms with Crippen LogP contribution in [-0.2, 0) is 11.0 Å². The maximum atomic E-state index is 12.9. The summed E-state index contributed by atoms with van der Waals surface area (Å²) < 4.78 is 31.6. The number of ether oxygens (including phenoxy) is 3. The topological polar surface area (TPSA) is 151 Å². The van der Waals surface area contributed by atoms with Gasteiger partial charge in [0.2, 0.25) is 5.88 Å². The number of hydrogen-bond donors (Lipinski definition) is 3. The number of nitrogens with zero attached hydrogens (tertiary/aromatic N) is 3. The van der Waals surface area contributed by atoms with Crippen molar-refractivity contribution >= 4 is 44.9 Å². The molecule has 0 bridgehead atoms. The molecule has 12 heteroatoms. The van der Waals surface area contributed by atoms with Gasteiger partial charge in [-0.3, -0.25) is 9.78 Å². The normalized spacial score (nSPS) is 11.5. The lowest BCUT2D eigenvalue weighted by Crippen LogP contribution is -2.14. The highest BCUT2D eigenvalue weighted by atomic mass is 32.2. The van der Waals surface area contributed by atoms with Gasteiger partial charge in [0.15, 0.2) is 0 Å². The molecule has 4 N–H and O–H groups in total. The molecule has 5 aromatic rings. The Bertz CT molecular complexity index is 1760. The van der Waals surface area contributed by atoms with E-state index in [1.165, 1.54) is 20.4 Å². The fourth-order valence-corrected chi connectivity index (χ4v) is 5.00. The third-order valence-electron chi connectivity index (χ3n) is 6.17. The van der Waals surface area contributed by atoms with E-state index in [9.17, 15) is 9.00 Å². The number of nitrogens with two attached hydrogens (primary N) is 1. The lowest BCUT2D eigenvalue weighted by atomic mass is 10.0. The predicted molar refractivity (Wildman–Crippen MR) is 157 cm³/mol. The molecule has 0 aliphatic heterocycles. The van der Waals surface area contributed by atoms with Crippen LogP contribution in [0.2, 0.25) is 0 Å². The minimum Gasteiger partial charge on any atom is -0.497 e. The van der Waals surface area contributed by atoms with Gasteiger partial charge < -0.3 is 30.0 Å². The summed E-state index contributed by atoms with van der Waals surface area (Å²) in [7, 11) is 3.06. The van der Waals surface area contributed by atoms with E-state index in [4.69, 9.17) is 19.9 Å². The van der Waals surface area contributed by atoms with E-state index in [2.05, 4.69) is 25.0 Å². The molecule has 41 heavy (non-hydrogen) atoms. The number of amides is 1. The summed E-state index contributed by atoms with van der Waals surface area (Å²) in [5.74, 6) is 0.390. The Hall–Kier alpha value is -5.23. The molecule has 0 saturated heterocycles. The molecular weight excluding hydrogens is 544 g/mol. The molecule has 208 valence electrons. The first kappa shape index (κ1) is 27.3. The molecule has 0 fully saturated rings.